The van der Waals surface area contributed by atoms with Gasteiger partial charge in [-0.15, -0.1) is 0 Å². The summed E-state index contributed by atoms with van der Waals surface area (Å²) in [6.45, 7) is 10.3. The van der Waals surface area contributed by atoms with E-state index in [4.69, 9.17) is 34.4 Å². The van der Waals surface area contributed by atoms with Gasteiger partial charge in [0, 0.05) is 44.1 Å². The highest BCUT2D eigenvalue weighted by atomic mass is 32.2. The fourth-order valence-electron chi connectivity index (χ4n) is 11.1. The predicted octanol–water partition coefficient (Wildman–Crippen LogP) is -3.55. The number of imidazole rings is 1. The minimum Gasteiger partial charge on any atom is -0.481 e. The van der Waals surface area contributed by atoms with Gasteiger partial charge in [-0.05, 0) is 100 Å². The van der Waals surface area contributed by atoms with E-state index in [1.807, 2.05) is 0 Å². The zero-order chi connectivity index (χ0) is 72.0. The largest absolute Gasteiger partial charge is 0.481 e. The van der Waals surface area contributed by atoms with Crippen LogP contribution in [0.25, 0.3) is 0 Å². The first-order chi connectivity index (χ1) is 45.1. The van der Waals surface area contributed by atoms with Crippen molar-refractivity contribution < 1.29 is 72.2 Å². The highest BCUT2D eigenvalue weighted by Gasteiger charge is 2.47. The number of nitrogens with zero attached hydrogens (tertiary/aromatic N) is 2. The number of aromatic nitrogens is 2. The SMILES string of the molecule is CC[C@H](C)[C@H](NC(=O)[C@H](CCC(=O)O)NC(=O)C1(NC(=O)[C@@H](NC(=O)C2(N)CCCC2)C(C)C)CCCC1)C(=O)N[C@@H](CCC(N)=O)C(=O)N[C@@H](CC(C)C)C(=O)N[C@@H](CCSC)C(=O)N[C@@H](Cc1cnc[nH]1)C(=O)N[C@@H](CCC(N)=O)C(=O)N[C@@H](CCCN=C(N)N)C(N)=O. The molecule has 1 aromatic heterocycles. The van der Waals surface area contributed by atoms with Gasteiger partial charge in [-0.25, -0.2) is 4.98 Å². The van der Waals surface area contributed by atoms with Crippen molar-refractivity contribution in [3.63, 3.8) is 0 Å². The Morgan fingerprint density at radius 1 is 0.573 bits per heavy atom. The topological polar surface area (TPSA) is 577 Å². The normalized spacial score (nSPS) is 17.0. The number of aromatic amines is 1. The van der Waals surface area contributed by atoms with Crippen LogP contribution in [0.1, 0.15) is 169 Å². The molecule has 3 rings (SSSR count). The fourth-order valence-corrected chi connectivity index (χ4v) is 11.6. The second kappa shape index (κ2) is 40.0. The van der Waals surface area contributed by atoms with Gasteiger partial charge in [-0.3, -0.25) is 72.1 Å². The molecule has 0 bridgehead atoms. The summed E-state index contributed by atoms with van der Waals surface area (Å²) in [5.41, 5.74) is 31.3. The molecule has 2 aliphatic carbocycles. The number of nitrogens with two attached hydrogens (primary N) is 6. The van der Waals surface area contributed by atoms with Crippen LogP contribution in [0, 0.1) is 17.8 Å². The second-order valence-electron chi connectivity index (χ2n) is 25.6. The summed E-state index contributed by atoms with van der Waals surface area (Å²) in [5.74, 6) is -13.9. The number of carbonyl (C=O) groups excluding carboxylic acids is 13. The van der Waals surface area contributed by atoms with Crippen molar-refractivity contribution in [2.24, 2.45) is 57.1 Å². The van der Waals surface area contributed by atoms with Crippen LogP contribution in [-0.2, 0) is 73.5 Å². The van der Waals surface area contributed by atoms with Gasteiger partial charge in [-0.1, -0.05) is 73.6 Å². The third-order valence-electron chi connectivity index (χ3n) is 16.9. The van der Waals surface area contributed by atoms with E-state index in [2.05, 4.69) is 68.1 Å². The third kappa shape index (κ3) is 27.2. The molecule has 24 N–H and O–H groups in total. The molecule has 1 heterocycles. The van der Waals surface area contributed by atoms with Gasteiger partial charge in [0.15, 0.2) is 5.96 Å². The lowest BCUT2D eigenvalue weighted by Crippen LogP contribution is -2.65. The number of aliphatic imine (C=N–C) groups is 1. The molecule has 0 aliphatic heterocycles. The average Bonchev–Trinajstić information content (AvgIpc) is 1.54. The molecule has 2 aliphatic rings. The maximum absolute atomic E-state index is 14.6. The minimum atomic E-state index is -1.61. The summed E-state index contributed by atoms with van der Waals surface area (Å²) in [7, 11) is 0. The first-order valence-corrected chi connectivity index (χ1v) is 34.0. The highest BCUT2D eigenvalue weighted by molar-refractivity contribution is 7.98. The van der Waals surface area contributed by atoms with E-state index in [0.29, 0.717) is 31.4 Å². The lowest BCUT2D eigenvalue weighted by molar-refractivity contribution is -0.140. The Hall–Kier alpha value is -8.63. The number of nitrogens with one attached hydrogen (secondary N) is 11. The number of hydrogen-bond acceptors (Lipinski definition) is 18. The van der Waals surface area contributed by atoms with Crippen molar-refractivity contribution in [2.45, 2.75) is 235 Å². The Kier molecular flexibility index (Phi) is 34.0. The quantitative estimate of drug-likeness (QED) is 0.0171. The van der Waals surface area contributed by atoms with E-state index in [1.165, 1.54) is 24.3 Å². The van der Waals surface area contributed by atoms with E-state index in [0.717, 1.165) is 12.8 Å². The summed E-state index contributed by atoms with van der Waals surface area (Å²) in [6.07, 6.45) is 5.42. The van der Waals surface area contributed by atoms with Crippen molar-refractivity contribution in [3.05, 3.63) is 18.2 Å². The Morgan fingerprint density at radius 3 is 1.54 bits per heavy atom. The molecule has 2 saturated carbocycles. The number of carbonyl (C=O) groups is 14. The second-order valence-corrected chi connectivity index (χ2v) is 26.6. The zero-order valence-electron chi connectivity index (χ0n) is 56.1. The van der Waals surface area contributed by atoms with Crippen molar-refractivity contribution in [1.29, 1.82) is 0 Å². The Morgan fingerprint density at radius 2 is 1.05 bits per heavy atom. The summed E-state index contributed by atoms with van der Waals surface area (Å²) < 4.78 is 0. The van der Waals surface area contributed by atoms with Crippen LogP contribution in [0.15, 0.2) is 17.5 Å². The molecule has 0 spiro atoms. The molecule has 96 heavy (non-hydrogen) atoms. The van der Waals surface area contributed by atoms with Crippen LogP contribution in [0.3, 0.4) is 0 Å². The number of hydrogen-bond donors (Lipinski definition) is 18. The van der Waals surface area contributed by atoms with Gasteiger partial charge in [-0.2, -0.15) is 11.8 Å². The third-order valence-corrected chi connectivity index (χ3v) is 17.6. The molecule has 0 unspecified atom stereocenters. The summed E-state index contributed by atoms with van der Waals surface area (Å²) in [4.78, 5) is 202. The lowest BCUT2D eigenvalue weighted by atomic mass is 9.92. The molecular weight excluding hydrogens is 1270 g/mol. The van der Waals surface area contributed by atoms with Gasteiger partial charge >= 0.3 is 5.97 Å². The molecule has 10 atom stereocenters. The molecule has 0 aromatic carbocycles. The van der Waals surface area contributed by atoms with Crippen LogP contribution >= 0.6 is 11.8 Å². The van der Waals surface area contributed by atoms with Gasteiger partial charge < -0.3 is 97.7 Å². The predicted molar refractivity (Wildman–Crippen MR) is 354 cm³/mol. The molecule has 1 aromatic rings. The van der Waals surface area contributed by atoms with Crippen LogP contribution in [0.5, 0.6) is 0 Å². The van der Waals surface area contributed by atoms with Crippen molar-refractivity contribution >= 4 is 100 Å². The maximum Gasteiger partial charge on any atom is 0.303 e. The summed E-state index contributed by atoms with van der Waals surface area (Å²) in [6, 6.07) is -12.9. The number of primary amides is 3. The molecule has 13 amide bonds. The number of H-pyrrole nitrogens is 1. The fraction of sp³-hybridized carbons (Fsp3) is 0.705. The van der Waals surface area contributed by atoms with E-state index >= 15 is 0 Å². The zero-order valence-corrected chi connectivity index (χ0v) is 56.9. The molecule has 0 saturated heterocycles. The molecular formula is C61H103N19O15S. The molecule has 538 valence electrons. The number of carboxylic acid groups (broad SMARTS) is 1. The van der Waals surface area contributed by atoms with Gasteiger partial charge in [0.25, 0.3) is 0 Å². The number of carboxylic acids is 1. The van der Waals surface area contributed by atoms with E-state index in [9.17, 15) is 72.2 Å². The Labute approximate surface area is 563 Å². The number of guanidine groups is 1. The number of aliphatic carboxylic acids is 1. The van der Waals surface area contributed by atoms with Gasteiger partial charge in [0.05, 0.1) is 11.9 Å². The Balaban J connectivity index is 1.92. The first kappa shape index (κ1) is 81.6. The van der Waals surface area contributed by atoms with E-state index in [-0.39, 0.29) is 82.0 Å². The first-order valence-electron chi connectivity index (χ1n) is 32.6. The number of thioether (sulfide) groups is 1. The van der Waals surface area contributed by atoms with E-state index < -0.39 is 192 Å². The molecule has 35 heteroatoms. The van der Waals surface area contributed by atoms with Gasteiger partial charge in [0.1, 0.15) is 59.9 Å². The van der Waals surface area contributed by atoms with Crippen molar-refractivity contribution in [2.75, 3.05) is 18.6 Å². The number of rotatable bonds is 44. The van der Waals surface area contributed by atoms with E-state index in [1.54, 1.807) is 47.8 Å². The standard InChI is InChI=1S/C61H103N19O15S/c1-8-34(6)47(78-52(89)39(17-20-45(83)84)77-58(95)61(24-11-12-25-61)80-56(93)46(33(4)5)79-57(94)60(67)22-9-10-23-60)55(92)74-38(16-19-44(63)82)50(87)75-41(28-32(2)3)53(90)73-40(21-27-96-7)51(88)76-42(29-35-30-68-31-70-35)54(91)72-37(15-18-43(62)81)49(86)71-36(48(64)85)14-13-26-69-59(65)66/h30-34,36-42,46-47H,8-29,67H2,1-7H3,(H2,62,81)(H2,63,82)(H2,64,85)(H,68,70)(H,71,86)(H,72,91)(H,73,90)(H,74,92)(H,75,87)(H,76,88)(H,77,95)(H,78,89)(H,79,94)(H,80,93)(H,83,84)(H4,65,66,69)/t34-,36-,37-,38-,39-,40-,41-,42-,46-,47-/m0/s1. The van der Waals surface area contributed by atoms with Crippen molar-refractivity contribution in [1.82, 2.24) is 63.1 Å². The highest BCUT2D eigenvalue weighted by Crippen LogP contribution is 2.32. The van der Waals surface area contributed by atoms with Gasteiger partial charge in [0.2, 0.25) is 76.8 Å². The molecule has 2 fully saturated rings. The summed E-state index contributed by atoms with van der Waals surface area (Å²) in [5, 5.41) is 36.2. The summed E-state index contributed by atoms with van der Waals surface area (Å²) >= 11 is 1.31. The molecule has 0 radical (unpaired) electrons. The monoisotopic (exact) mass is 1370 g/mol. The maximum atomic E-state index is 14.6. The van der Waals surface area contributed by atoms with Crippen LogP contribution in [0.2, 0.25) is 0 Å². The average molecular weight is 1370 g/mol. The molecule has 34 nitrogen and oxygen atoms in total. The smallest absolute Gasteiger partial charge is 0.303 e. The van der Waals surface area contributed by atoms with Crippen LogP contribution in [0.4, 0.5) is 0 Å². The van der Waals surface area contributed by atoms with Crippen LogP contribution in [-0.4, -0.2) is 188 Å². The number of amides is 13. The Bertz CT molecular complexity index is 2880. The van der Waals surface area contributed by atoms with Crippen molar-refractivity contribution in [3.8, 4) is 0 Å². The minimum absolute atomic E-state index is 0.00932. The van der Waals surface area contributed by atoms with Crippen LogP contribution < -0.4 is 87.6 Å². The lowest BCUT2D eigenvalue weighted by Gasteiger charge is -2.35.